The Hall–Kier alpha value is -1.39. The van der Waals surface area contributed by atoms with E-state index in [4.69, 9.17) is 0 Å². The lowest BCUT2D eigenvalue weighted by atomic mass is 10.3. The summed E-state index contributed by atoms with van der Waals surface area (Å²) in [5, 5.41) is 0. The molecule has 11 heavy (non-hydrogen) atoms. The molecule has 0 N–H and O–H groups in total. The third-order valence-corrected chi connectivity index (χ3v) is 1.14. The topological polar surface area (TPSA) is 69.7 Å². The third kappa shape index (κ3) is 2.03. The van der Waals surface area contributed by atoms with Crippen molar-refractivity contribution in [2.24, 2.45) is 0 Å². The summed E-state index contributed by atoms with van der Waals surface area (Å²) in [6.07, 6.45) is -1.13. The molecule has 0 radical (unpaired) electrons. The van der Waals surface area contributed by atoms with E-state index in [9.17, 15) is 14.4 Å². The number of ether oxygens (including phenoxy) is 2. The van der Waals surface area contributed by atoms with Crippen LogP contribution in [0.4, 0.5) is 0 Å². The Balaban J connectivity index is 2.61. The first-order chi connectivity index (χ1) is 5.22. The number of carbonyl (C=O) groups excluding carboxylic acids is 3. The van der Waals surface area contributed by atoms with Crippen molar-refractivity contribution in [2.75, 3.05) is 0 Å². The zero-order valence-electron chi connectivity index (χ0n) is 5.61. The molecular weight excluding hydrogens is 152 g/mol. The SMILES string of the molecule is O=CC1OC(=O)CCC(=O)O1. The van der Waals surface area contributed by atoms with Gasteiger partial charge in [0.15, 0.2) is 0 Å². The van der Waals surface area contributed by atoms with E-state index in [1.165, 1.54) is 0 Å². The van der Waals surface area contributed by atoms with E-state index in [2.05, 4.69) is 9.47 Å². The molecule has 0 saturated carbocycles. The van der Waals surface area contributed by atoms with Crippen molar-refractivity contribution in [2.45, 2.75) is 19.1 Å². The minimum atomic E-state index is -1.35. The Kier molecular flexibility index (Phi) is 2.20. The highest BCUT2D eigenvalue weighted by Crippen LogP contribution is 2.06. The standard InChI is InChI=1S/C6H6O5/c7-3-6-10-4(8)1-2-5(9)11-6/h3,6H,1-2H2. The summed E-state index contributed by atoms with van der Waals surface area (Å²) in [5.74, 6) is -1.18. The third-order valence-electron chi connectivity index (χ3n) is 1.14. The van der Waals surface area contributed by atoms with Crippen molar-refractivity contribution in [3.63, 3.8) is 0 Å². The summed E-state index contributed by atoms with van der Waals surface area (Å²) < 4.78 is 8.76. The number of hydrogen-bond acceptors (Lipinski definition) is 5. The molecular formula is C6H6O5. The predicted octanol–water partition coefficient (Wildman–Crippen LogP) is -0.608. The molecule has 0 atom stereocenters. The van der Waals surface area contributed by atoms with Gasteiger partial charge in [-0.15, -0.1) is 0 Å². The maximum atomic E-state index is 10.6. The van der Waals surface area contributed by atoms with Gasteiger partial charge in [0.05, 0.1) is 12.8 Å². The van der Waals surface area contributed by atoms with Gasteiger partial charge in [-0.25, -0.2) is 0 Å². The number of carbonyl (C=O) groups is 3. The lowest BCUT2D eigenvalue weighted by Gasteiger charge is -2.06. The summed E-state index contributed by atoms with van der Waals surface area (Å²) in [7, 11) is 0. The monoisotopic (exact) mass is 158 g/mol. The number of rotatable bonds is 1. The van der Waals surface area contributed by atoms with Crippen LogP contribution in [0.5, 0.6) is 0 Å². The van der Waals surface area contributed by atoms with Crippen LogP contribution in [0, 0.1) is 0 Å². The lowest BCUT2D eigenvalue weighted by molar-refractivity contribution is -0.180. The van der Waals surface area contributed by atoms with Crippen molar-refractivity contribution in [3.8, 4) is 0 Å². The summed E-state index contributed by atoms with van der Waals surface area (Å²) >= 11 is 0. The smallest absolute Gasteiger partial charge is 0.309 e. The highest BCUT2D eigenvalue weighted by molar-refractivity contribution is 5.81. The van der Waals surface area contributed by atoms with E-state index in [0.29, 0.717) is 0 Å². The second kappa shape index (κ2) is 3.14. The van der Waals surface area contributed by atoms with E-state index >= 15 is 0 Å². The van der Waals surface area contributed by atoms with Crippen LogP contribution in [-0.2, 0) is 23.9 Å². The predicted molar refractivity (Wildman–Crippen MR) is 31.3 cm³/mol. The quantitative estimate of drug-likeness (QED) is 0.376. The van der Waals surface area contributed by atoms with Gasteiger partial charge < -0.3 is 9.47 Å². The van der Waals surface area contributed by atoms with E-state index < -0.39 is 18.2 Å². The van der Waals surface area contributed by atoms with E-state index in [0.717, 1.165) is 0 Å². The molecule has 1 rings (SSSR count). The molecule has 1 saturated heterocycles. The van der Waals surface area contributed by atoms with Crippen molar-refractivity contribution in [1.82, 2.24) is 0 Å². The van der Waals surface area contributed by atoms with E-state index in [1.807, 2.05) is 0 Å². The van der Waals surface area contributed by atoms with Gasteiger partial charge in [0, 0.05) is 0 Å². The molecule has 1 heterocycles. The van der Waals surface area contributed by atoms with Gasteiger partial charge in [0.2, 0.25) is 6.29 Å². The van der Waals surface area contributed by atoms with Crippen molar-refractivity contribution in [3.05, 3.63) is 0 Å². The molecule has 1 aliphatic rings. The normalized spacial score (nSPS) is 20.0. The minimum Gasteiger partial charge on any atom is -0.418 e. The Morgan fingerprint density at radius 1 is 1.18 bits per heavy atom. The molecule has 0 unspecified atom stereocenters. The number of esters is 2. The Labute approximate surface area is 62.3 Å². The zero-order valence-corrected chi connectivity index (χ0v) is 5.61. The molecule has 0 bridgehead atoms. The fourth-order valence-corrected chi connectivity index (χ4v) is 0.661. The zero-order chi connectivity index (χ0) is 8.27. The maximum absolute atomic E-state index is 10.6. The Morgan fingerprint density at radius 2 is 1.64 bits per heavy atom. The lowest BCUT2D eigenvalue weighted by Crippen LogP contribution is -2.21. The maximum Gasteiger partial charge on any atom is 0.309 e. The van der Waals surface area contributed by atoms with Gasteiger partial charge in [-0.3, -0.25) is 14.4 Å². The van der Waals surface area contributed by atoms with Crippen LogP contribution >= 0.6 is 0 Å². The summed E-state index contributed by atoms with van der Waals surface area (Å²) in [6, 6.07) is 0. The van der Waals surface area contributed by atoms with Gasteiger partial charge in [0.25, 0.3) is 0 Å². The van der Waals surface area contributed by atoms with Crippen LogP contribution in [0.1, 0.15) is 12.8 Å². The van der Waals surface area contributed by atoms with Gasteiger partial charge in [-0.05, 0) is 0 Å². The van der Waals surface area contributed by atoms with Crippen LogP contribution in [0.2, 0.25) is 0 Å². The van der Waals surface area contributed by atoms with Gasteiger partial charge >= 0.3 is 18.2 Å². The number of cyclic esters (lactones) is 2. The summed E-state index contributed by atoms with van der Waals surface area (Å²) in [5.41, 5.74) is 0. The van der Waals surface area contributed by atoms with Crippen LogP contribution in [-0.4, -0.2) is 24.5 Å². The second-order valence-corrected chi connectivity index (χ2v) is 1.98. The van der Waals surface area contributed by atoms with Crippen LogP contribution in [0.25, 0.3) is 0 Å². The first kappa shape index (κ1) is 7.71. The van der Waals surface area contributed by atoms with Crippen LogP contribution in [0.15, 0.2) is 0 Å². The first-order valence-electron chi connectivity index (χ1n) is 3.06. The van der Waals surface area contributed by atoms with Crippen LogP contribution in [0.3, 0.4) is 0 Å². The van der Waals surface area contributed by atoms with Gasteiger partial charge in [-0.1, -0.05) is 0 Å². The van der Waals surface area contributed by atoms with E-state index in [1.54, 1.807) is 0 Å². The molecule has 1 fully saturated rings. The molecule has 0 aromatic heterocycles. The first-order valence-corrected chi connectivity index (χ1v) is 3.06. The largest absolute Gasteiger partial charge is 0.418 e. The molecule has 5 nitrogen and oxygen atoms in total. The molecule has 0 aromatic carbocycles. The minimum absolute atomic E-state index is 0.0246. The molecule has 0 spiro atoms. The Morgan fingerprint density at radius 3 is 2.00 bits per heavy atom. The molecule has 1 aliphatic heterocycles. The fraction of sp³-hybridized carbons (Fsp3) is 0.500. The van der Waals surface area contributed by atoms with Crippen molar-refractivity contribution < 1.29 is 23.9 Å². The Bertz CT molecular complexity index is 179. The molecule has 0 aliphatic carbocycles. The highest BCUT2D eigenvalue weighted by atomic mass is 16.7. The number of aldehydes is 1. The average molecular weight is 158 g/mol. The van der Waals surface area contributed by atoms with Crippen LogP contribution < -0.4 is 0 Å². The molecule has 0 aromatic rings. The van der Waals surface area contributed by atoms with Gasteiger partial charge in [0.1, 0.15) is 0 Å². The molecule has 60 valence electrons. The summed E-state index contributed by atoms with van der Waals surface area (Å²) in [6.45, 7) is 0. The highest BCUT2D eigenvalue weighted by Gasteiger charge is 2.23. The number of hydrogen-bond donors (Lipinski definition) is 0. The van der Waals surface area contributed by atoms with E-state index in [-0.39, 0.29) is 19.1 Å². The summed E-state index contributed by atoms with van der Waals surface area (Å²) in [4.78, 5) is 31.2. The fourth-order valence-electron chi connectivity index (χ4n) is 0.661. The second-order valence-electron chi connectivity index (χ2n) is 1.98. The molecule has 5 heteroatoms. The van der Waals surface area contributed by atoms with Crippen molar-refractivity contribution >= 4 is 18.2 Å². The van der Waals surface area contributed by atoms with Gasteiger partial charge in [-0.2, -0.15) is 0 Å². The average Bonchev–Trinajstić information content (AvgIpc) is 2.13. The molecule has 0 amide bonds. The van der Waals surface area contributed by atoms with Crippen molar-refractivity contribution in [1.29, 1.82) is 0 Å².